The molecule has 0 bridgehead atoms. The first-order valence-electron chi connectivity index (χ1n) is 9.56. The van der Waals surface area contributed by atoms with Gasteiger partial charge in [0.25, 0.3) is 0 Å². The maximum Gasteiger partial charge on any atom is 0.228 e. The van der Waals surface area contributed by atoms with Crippen LogP contribution in [0.2, 0.25) is 5.02 Å². The molecule has 0 saturated carbocycles. The van der Waals surface area contributed by atoms with Crippen molar-refractivity contribution in [1.82, 2.24) is 4.90 Å². The smallest absolute Gasteiger partial charge is 0.228 e. The van der Waals surface area contributed by atoms with Crippen molar-refractivity contribution in [3.63, 3.8) is 0 Å². The molecule has 1 fully saturated rings. The number of methoxy groups -OCH3 is 1. The molecule has 1 saturated heterocycles. The van der Waals surface area contributed by atoms with Gasteiger partial charge in [-0.3, -0.25) is 9.59 Å². The summed E-state index contributed by atoms with van der Waals surface area (Å²) in [5.74, 6) is 0.282. The van der Waals surface area contributed by atoms with E-state index < -0.39 is 0 Å². The fraction of sp³-hybridized carbons (Fsp3) is 0.364. The first-order valence-corrected chi connectivity index (χ1v) is 9.94. The van der Waals surface area contributed by atoms with Gasteiger partial charge in [0, 0.05) is 31.7 Å². The lowest BCUT2D eigenvalue weighted by molar-refractivity contribution is -0.135. The summed E-state index contributed by atoms with van der Waals surface area (Å²) in [4.78, 5) is 29.2. The molecule has 0 N–H and O–H groups in total. The number of fused-ring (bicyclic) bond motifs is 1. The van der Waals surface area contributed by atoms with E-state index in [0.29, 0.717) is 36.1 Å². The molecule has 2 aliphatic rings. The standard InChI is InChI=1S/C22H23ClN2O3/c1-28-20-7-6-18(13-19(20)23)25-14-17(12-21(25)26)22(27)24-10-8-15-4-2-3-5-16(15)9-11-24/h2-7,13,17H,8-12,14H2,1H3. The first kappa shape index (κ1) is 18.8. The number of amides is 2. The van der Waals surface area contributed by atoms with Gasteiger partial charge < -0.3 is 14.5 Å². The van der Waals surface area contributed by atoms with Crippen molar-refractivity contribution in [2.45, 2.75) is 19.3 Å². The Hall–Kier alpha value is -2.53. The summed E-state index contributed by atoms with van der Waals surface area (Å²) in [6, 6.07) is 13.6. The molecule has 4 rings (SSSR count). The van der Waals surface area contributed by atoms with E-state index >= 15 is 0 Å². The summed E-state index contributed by atoms with van der Waals surface area (Å²) in [5.41, 5.74) is 3.33. The summed E-state index contributed by atoms with van der Waals surface area (Å²) in [6.45, 7) is 1.80. The third-order valence-electron chi connectivity index (χ3n) is 5.65. The Kier molecular flexibility index (Phi) is 5.27. The quantitative estimate of drug-likeness (QED) is 0.796. The number of carbonyl (C=O) groups is 2. The number of carbonyl (C=O) groups excluding carboxylic acids is 2. The van der Waals surface area contributed by atoms with Crippen molar-refractivity contribution in [2.75, 3.05) is 31.6 Å². The summed E-state index contributed by atoms with van der Waals surface area (Å²) in [5, 5.41) is 0.452. The van der Waals surface area contributed by atoms with Crippen molar-refractivity contribution in [3.8, 4) is 5.75 Å². The third kappa shape index (κ3) is 3.59. The lowest BCUT2D eigenvalue weighted by Crippen LogP contribution is -2.39. The van der Waals surface area contributed by atoms with E-state index in [2.05, 4.69) is 12.1 Å². The molecule has 2 amide bonds. The van der Waals surface area contributed by atoms with Gasteiger partial charge in [-0.05, 0) is 42.2 Å². The number of nitrogens with zero attached hydrogens (tertiary/aromatic N) is 2. The Labute approximate surface area is 169 Å². The molecule has 0 spiro atoms. The van der Waals surface area contributed by atoms with Crippen LogP contribution in [0.1, 0.15) is 17.5 Å². The predicted octanol–water partition coefficient (Wildman–Crippen LogP) is 3.33. The monoisotopic (exact) mass is 398 g/mol. The molecule has 28 heavy (non-hydrogen) atoms. The number of benzene rings is 2. The largest absolute Gasteiger partial charge is 0.495 e. The molecule has 146 valence electrons. The predicted molar refractivity (Wildman–Crippen MR) is 109 cm³/mol. The van der Waals surface area contributed by atoms with Crippen molar-refractivity contribution < 1.29 is 14.3 Å². The van der Waals surface area contributed by atoms with E-state index in [1.54, 1.807) is 30.2 Å². The van der Waals surface area contributed by atoms with Crippen LogP contribution in [-0.2, 0) is 22.4 Å². The normalized spacial score (nSPS) is 19.4. The molecule has 0 aromatic heterocycles. The number of halogens is 1. The molecule has 2 aliphatic heterocycles. The lowest BCUT2D eigenvalue weighted by atomic mass is 10.0. The maximum absolute atomic E-state index is 13.1. The average Bonchev–Trinajstić information content (AvgIpc) is 2.96. The number of ether oxygens (including phenoxy) is 1. The Balaban J connectivity index is 1.45. The number of hydrogen-bond acceptors (Lipinski definition) is 3. The minimum atomic E-state index is -0.311. The van der Waals surface area contributed by atoms with E-state index in [0.717, 1.165) is 12.8 Å². The van der Waals surface area contributed by atoms with Gasteiger partial charge in [0.05, 0.1) is 18.1 Å². The van der Waals surface area contributed by atoms with Crippen LogP contribution in [-0.4, -0.2) is 43.5 Å². The van der Waals surface area contributed by atoms with Gasteiger partial charge >= 0.3 is 0 Å². The van der Waals surface area contributed by atoms with Crippen LogP contribution in [0.25, 0.3) is 0 Å². The van der Waals surface area contributed by atoms with Gasteiger partial charge in [-0.25, -0.2) is 0 Å². The molecule has 6 heteroatoms. The molecule has 2 heterocycles. The summed E-state index contributed by atoms with van der Waals surface area (Å²) in [7, 11) is 1.55. The van der Waals surface area contributed by atoms with E-state index in [4.69, 9.17) is 16.3 Å². The Morgan fingerprint density at radius 1 is 1.11 bits per heavy atom. The van der Waals surface area contributed by atoms with E-state index in [1.165, 1.54) is 11.1 Å². The van der Waals surface area contributed by atoms with Crippen LogP contribution in [0, 0.1) is 5.92 Å². The summed E-state index contributed by atoms with van der Waals surface area (Å²) < 4.78 is 5.17. The van der Waals surface area contributed by atoms with Gasteiger partial charge in [0.15, 0.2) is 0 Å². The molecule has 5 nitrogen and oxygen atoms in total. The van der Waals surface area contributed by atoms with Gasteiger partial charge in [-0.2, -0.15) is 0 Å². The highest BCUT2D eigenvalue weighted by Gasteiger charge is 2.37. The lowest BCUT2D eigenvalue weighted by Gasteiger charge is -2.24. The van der Waals surface area contributed by atoms with Crippen LogP contribution in [0.4, 0.5) is 5.69 Å². The molecule has 0 radical (unpaired) electrons. The Bertz CT molecular complexity index is 887. The van der Waals surface area contributed by atoms with E-state index in [-0.39, 0.29) is 24.2 Å². The van der Waals surface area contributed by atoms with Crippen molar-refractivity contribution >= 4 is 29.1 Å². The fourth-order valence-electron chi connectivity index (χ4n) is 4.09. The first-order chi connectivity index (χ1) is 13.6. The van der Waals surface area contributed by atoms with Gasteiger partial charge in [0.1, 0.15) is 5.75 Å². The minimum Gasteiger partial charge on any atom is -0.495 e. The highest BCUT2D eigenvalue weighted by atomic mass is 35.5. The number of anilines is 1. The van der Waals surface area contributed by atoms with Gasteiger partial charge in [0.2, 0.25) is 11.8 Å². The topological polar surface area (TPSA) is 49.9 Å². The van der Waals surface area contributed by atoms with Gasteiger partial charge in [-0.15, -0.1) is 0 Å². The van der Waals surface area contributed by atoms with E-state index in [1.807, 2.05) is 17.0 Å². The fourth-order valence-corrected chi connectivity index (χ4v) is 4.34. The molecule has 0 aliphatic carbocycles. The number of hydrogen-bond donors (Lipinski definition) is 0. The van der Waals surface area contributed by atoms with Gasteiger partial charge in [-0.1, -0.05) is 35.9 Å². The molecule has 1 atom stereocenters. The van der Waals surface area contributed by atoms with Crippen molar-refractivity contribution in [3.05, 3.63) is 58.6 Å². The zero-order valence-electron chi connectivity index (χ0n) is 15.9. The molecular formula is C22H23ClN2O3. The highest BCUT2D eigenvalue weighted by molar-refractivity contribution is 6.32. The Morgan fingerprint density at radius 3 is 2.39 bits per heavy atom. The second-order valence-electron chi connectivity index (χ2n) is 7.32. The molecule has 2 aromatic carbocycles. The van der Waals surface area contributed by atoms with Crippen molar-refractivity contribution in [2.24, 2.45) is 5.92 Å². The second kappa shape index (κ2) is 7.84. The maximum atomic E-state index is 13.1. The minimum absolute atomic E-state index is 0.0438. The van der Waals surface area contributed by atoms with Crippen molar-refractivity contribution in [1.29, 1.82) is 0 Å². The SMILES string of the molecule is COc1ccc(N2CC(C(=O)N3CCc4ccccc4CC3)CC2=O)cc1Cl. The summed E-state index contributed by atoms with van der Waals surface area (Å²) >= 11 is 6.20. The average molecular weight is 399 g/mol. The molecular weight excluding hydrogens is 376 g/mol. The van der Waals surface area contributed by atoms with Crippen LogP contribution < -0.4 is 9.64 Å². The van der Waals surface area contributed by atoms with E-state index in [9.17, 15) is 9.59 Å². The summed E-state index contributed by atoms with van der Waals surface area (Å²) in [6.07, 6.45) is 1.96. The van der Waals surface area contributed by atoms with Crippen LogP contribution in [0.5, 0.6) is 5.75 Å². The number of rotatable bonds is 3. The molecule has 1 unspecified atom stereocenters. The Morgan fingerprint density at radius 2 is 1.79 bits per heavy atom. The van der Waals surface area contributed by atoms with Crippen LogP contribution in [0.3, 0.4) is 0 Å². The molecule has 2 aromatic rings. The zero-order chi connectivity index (χ0) is 19.7. The third-order valence-corrected chi connectivity index (χ3v) is 5.95. The highest BCUT2D eigenvalue weighted by Crippen LogP contribution is 2.33. The second-order valence-corrected chi connectivity index (χ2v) is 7.73. The van der Waals surface area contributed by atoms with Crippen LogP contribution >= 0.6 is 11.6 Å². The van der Waals surface area contributed by atoms with Crippen LogP contribution in [0.15, 0.2) is 42.5 Å². The zero-order valence-corrected chi connectivity index (χ0v) is 16.6.